The number of rotatable bonds is 10. The number of tetrazole rings is 1. The van der Waals surface area contributed by atoms with Gasteiger partial charge in [-0.25, -0.2) is 4.68 Å². The van der Waals surface area contributed by atoms with Gasteiger partial charge < -0.3 is 10.5 Å². The maximum Gasteiger partial charge on any atom is 0.327 e. The highest BCUT2D eigenvalue weighted by Gasteiger charge is 2.23. The molecule has 0 spiro atoms. The van der Waals surface area contributed by atoms with Crippen LogP contribution in [0.3, 0.4) is 0 Å². The largest absolute Gasteiger partial charge is 0.465 e. The number of benzene rings is 2. The monoisotopic (exact) mass is 425 g/mol. The van der Waals surface area contributed by atoms with Crippen molar-refractivity contribution in [2.24, 2.45) is 5.73 Å². The van der Waals surface area contributed by atoms with Crippen LogP contribution in [0.5, 0.6) is 0 Å². The van der Waals surface area contributed by atoms with Crippen molar-refractivity contribution in [3.63, 3.8) is 0 Å². The molecule has 0 amide bonds. The number of nitrogens with one attached hydrogen (secondary N) is 1. The first kappa shape index (κ1) is 22.0. The molecule has 1 unspecified atom stereocenters. The van der Waals surface area contributed by atoms with E-state index in [1.54, 1.807) is 19.1 Å². The van der Waals surface area contributed by atoms with Gasteiger partial charge in [0.05, 0.1) is 17.6 Å². The minimum atomic E-state index is -0.522. The zero-order valence-corrected chi connectivity index (χ0v) is 17.0. The Morgan fingerprint density at radius 1 is 1.26 bits per heavy atom. The Kier molecular flexibility index (Phi) is 7.35. The topological polar surface area (TPSA) is 151 Å². The minimum Gasteiger partial charge on any atom is -0.465 e. The van der Waals surface area contributed by atoms with E-state index in [0.717, 1.165) is 11.1 Å². The van der Waals surface area contributed by atoms with Gasteiger partial charge >= 0.3 is 5.97 Å². The molecule has 31 heavy (non-hydrogen) atoms. The third-order valence-electron chi connectivity index (χ3n) is 4.58. The molecule has 0 fully saturated rings. The molecular formula is C20H23N7O4. The van der Waals surface area contributed by atoms with Gasteiger partial charge in [-0.1, -0.05) is 36.4 Å². The average molecular weight is 425 g/mol. The summed E-state index contributed by atoms with van der Waals surface area (Å²) < 4.78 is 6.34. The molecular weight excluding hydrogens is 402 g/mol. The normalized spacial score (nSPS) is 11.8. The van der Waals surface area contributed by atoms with Crippen LogP contribution in [0.1, 0.15) is 35.5 Å². The third-order valence-corrected chi connectivity index (χ3v) is 4.58. The summed E-state index contributed by atoms with van der Waals surface area (Å²) in [6, 6.07) is 13.4. The summed E-state index contributed by atoms with van der Waals surface area (Å²) in [5.41, 5.74) is 8.41. The highest BCUT2D eigenvalue weighted by atomic mass is 16.6. The van der Waals surface area contributed by atoms with Crippen molar-refractivity contribution in [2.75, 3.05) is 6.61 Å². The van der Waals surface area contributed by atoms with Crippen molar-refractivity contribution in [1.82, 2.24) is 25.5 Å². The number of carbonyl (C=O) groups excluding carboxylic acids is 1. The summed E-state index contributed by atoms with van der Waals surface area (Å²) in [6.07, 6.45) is 0. The number of nitro groups is 1. The summed E-state index contributed by atoms with van der Waals surface area (Å²) in [5.74, 6) is -0.0777. The van der Waals surface area contributed by atoms with Crippen molar-refractivity contribution >= 4 is 11.7 Å². The number of nitrogens with two attached hydrogens (primary N) is 1. The minimum absolute atomic E-state index is 0.0238. The molecule has 0 aliphatic carbocycles. The Hall–Kier alpha value is -3.70. The van der Waals surface area contributed by atoms with Crippen LogP contribution in [-0.4, -0.2) is 37.7 Å². The van der Waals surface area contributed by atoms with E-state index >= 15 is 0 Å². The van der Waals surface area contributed by atoms with Gasteiger partial charge in [-0.15, -0.1) is 5.10 Å². The van der Waals surface area contributed by atoms with Crippen LogP contribution in [0.15, 0.2) is 48.5 Å². The summed E-state index contributed by atoms with van der Waals surface area (Å²) in [5, 5.41) is 26.1. The SMILES string of the molecule is CCOC(=O)Cn1nnnc1C(NCc1cccc(CN)c1)c1ccc([N+](=O)[O-])cc1. The molecule has 3 N–H and O–H groups in total. The number of esters is 1. The van der Waals surface area contributed by atoms with Gasteiger partial charge in [-0.2, -0.15) is 0 Å². The highest BCUT2D eigenvalue weighted by molar-refractivity contribution is 5.69. The predicted octanol–water partition coefficient (Wildman–Crippen LogP) is 1.48. The van der Waals surface area contributed by atoms with Crippen molar-refractivity contribution in [2.45, 2.75) is 32.6 Å². The second-order valence-corrected chi connectivity index (χ2v) is 6.69. The molecule has 1 heterocycles. The lowest BCUT2D eigenvalue weighted by atomic mass is 10.0. The number of ether oxygens (including phenoxy) is 1. The zero-order valence-electron chi connectivity index (χ0n) is 17.0. The predicted molar refractivity (Wildman–Crippen MR) is 111 cm³/mol. The number of aromatic nitrogens is 4. The average Bonchev–Trinajstić information content (AvgIpc) is 3.22. The van der Waals surface area contributed by atoms with Gasteiger partial charge in [0.1, 0.15) is 6.54 Å². The third kappa shape index (κ3) is 5.68. The van der Waals surface area contributed by atoms with E-state index < -0.39 is 16.9 Å². The number of nitrogens with zero attached hydrogens (tertiary/aromatic N) is 5. The molecule has 11 nitrogen and oxygen atoms in total. The highest BCUT2D eigenvalue weighted by Crippen LogP contribution is 2.23. The molecule has 0 radical (unpaired) electrons. The molecule has 0 aliphatic rings. The molecule has 3 rings (SSSR count). The quantitative estimate of drug-likeness (QED) is 0.279. The van der Waals surface area contributed by atoms with E-state index in [2.05, 4.69) is 20.8 Å². The second-order valence-electron chi connectivity index (χ2n) is 6.69. The van der Waals surface area contributed by atoms with Crippen molar-refractivity contribution in [3.05, 3.63) is 81.2 Å². The van der Waals surface area contributed by atoms with Crippen LogP contribution in [-0.2, 0) is 29.2 Å². The maximum atomic E-state index is 11.9. The van der Waals surface area contributed by atoms with Crippen LogP contribution in [0, 0.1) is 10.1 Å². The molecule has 1 atom stereocenters. The van der Waals surface area contributed by atoms with Crippen molar-refractivity contribution < 1.29 is 14.5 Å². The van der Waals surface area contributed by atoms with Crippen LogP contribution in [0.2, 0.25) is 0 Å². The maximum absolute atomic E-state index is 11.9. The van der Waals surface area contributed by atoms with Crippen LogP contribution in [0.25, 0.3) is 0 Å². The van der Waals surface area contributed by atoms with E-state index in [9.17, 15) is 14.9 Å². The van der Waals surface area contributed by atoms with Gasteiger partial charge in [-0.05, 0) is 34.0 Å². The fourth-order valence-corrected chi connectivity index (χ4v) is 3.09. The molecule has 0 saturated heterocycles. The number of nitro benzene ring substituents is 1. The molecule has 0 aliphatic heterocycles. The van der Waals surface area contributed by atoms with E-state index in [1.807, 2.05) is 24.3 Å². The van der Waals surface area contributed by atoms with Crippen LogP contribution < -0.4 is 11.1 Å². The van der Waals surface area contributed by atoms with E-state index in [0.29, 0.717) is 24.5 Å². The fourth-order valence-electron chi connectivity index (χ4n) is 3.09. The van der Waals surface area contributed by atoms with Gasteiger partial charge in [0.15, 0.2) is 5.82 Å². The number of carbonyl (C=O) groups is 1. The van der Waals surface area contributed by atoms with E-state index in [1.165, 1.54) is 16.8 Å². The molecule has 11 heteroatoms. The van der Waals surface area contributed by atoms with Crippen molar-refractivity contribution in [1.29, 1.82) is 0 Å². The first-order valence-electron chi connectivity index (χ1n) is 9.69. The Labute approximate surface area is 178 Å². The van der Waals surface area contributed by atoms with Gasteiger partial charge in [0.2, 0.25) is 0 Å². The number of hydrogen-bond acceptors (Lipinski definition) is 9. The van der Waals surface area contributed by atoms with Gasteiger partial charge in [0.25, 0.3) is 5.69 Å². The number of non-ortho nitro benzene ring substituents is 1. The number of hydrogen-bond donors (Lipinski definition) is 2. The molecule has 0 bridgehead atoms. The summed E-state index contributed by atoms with van der Waals surface area (Å²) >= 11 is 0. The zero-order chi connectivity index (χ0) is 22.2. The Balaban J connectivity index is 1.90. The first-order chi connectivity index (χ1) is 15.0. The fraction of sp³-hybridized carbons (Fsp3) is 0.300. The van der Waals surface area contributed by atoms with E-state index in [4.69, 9.17) is 10.5 Å². The smallest absolute Gasteiger partial charge is 0.327 e. The Morgan fingerprint density at radius 2 is 2.00 bits per heavy atom. The lowest BCUT2D eigenvalue weighted by molar-refractivity contribution is -0.384. The molecule has 2 aromatic carbocycles. The standard InChI is InChI=1S/C20H23N7O4/c1-2-31-18(28)13-26-20(23-24-25-26)19(16-6-8-17(9-7-16)27(29)30)22-12-15-5-3-4-14(10-15)11-21/h3-10,19,22H,2,11-13,21H2,1H3. The molecule has 162 valence electrons. The second kappa shape index (κ2) is 10.4. The summed E-state index contributed by atoms with van der Waals surface area (Å²) in [6.45, 7) is 2.70. The molecule has 1 aromatic heterocycles. The molecule has 0 saturated carbocycles. The van der Waals surface area contributed by atoms with Crippen LogP contribution >= 0.6 is 0 Å². The Bertz CT molecular complexity index is 1040. The molecule has 3 aromatic rings. The lowest BCUT2D eigenvalue weighted by Gasteiger charge is -2.19. The van der Waals surface area contributed by atoms with Gasteiger partial charge in [0, 0.05) is 25.2 Å². The van der Waals surface area contributed by atoms with Crippen molar-refractivity contribution in [3.8, 4) is 0 Å². The summed E-state index contributed by atoms with van der Waals surface area (Å²) in [4.78, 5) is 22.5. The summed E-state index contributed by atoms with van der Waals surface area (Å²) in [7, 11) is 0. The first-order valence-corrected chi connectivity index (χ1v) is 9.69. The van der Waals surface area contributed by atoms with Crippen LogP contribution in [0.4, 0.5) is 5.69 Å². The van der Waals surface area contributed by atoms with E-state index in [-0.39, 0.29) is 18.8 Å². The Morgan fingerprint density at radius 3 is 2.68 bits per heavy atom. The lowest BCUT2D eigenvalue weighted by Crippen LogP contribution is -2.27. The van der Waals surface area contributed by atoms with Gasteiger partial charge in [-0.3, -0.25) is 20.2 Å².